The molecule has 0 spiro atoms. The second kappa shape index (κ2) is 6.50. The van der Waals surface area contributed by atoms with Gasteiger partial charge in [-0.1, -0.05) is 6.92 Å². The lowest BCUT2D eigenvalue weighted by atomic mass is 9.88. The summed E-state index contributed by atoms with van der Waals surface area (Å²) in [7, 11) is 1.60. The zero-order valence-electron chi connectivity index (χ0n) is 11.7. The zero-order chi connectivity index (χ0) is 13.6. The van der Waals surface area contributed by atoms with E-state index in [0.29, 0.717) is 19.3 Å². The van der Waals surface area contributed by atoms with Crippen LogP contribution in [0.25, 0.3) is 0 Å². The van der Waals surface area contributed by atoms with E-state index in [1.165, 1.54) is 0 Å². The summed E-state index contributed by atoms with van der Waals surface area (Å²) in [6.45, 7) is 5.64. The molecule has 1 atom stereocenters. The predicted molar refractivity (Wildman–Crippen MR) is 70.4 cm³/mol. The van der Waals surface area contributed by atoms with E-state index in [9.17, 15) is 4.79 Å². The lowest BCUT2D eigenvalue weighted by Gasteiger charge is -2.39. The highest BCUT2D eigenvalue weighted by molar-refractivity contribution is 5.86. The van der Waals surface area contributed by atoms with Crippen molar-refractivity contribution < 1.29 is 14.6 Å². The van der Waals surface area contributed by atoms with Gasteiger partial charge in [0.05, 0.1) is 0 Å². The molecule has 1 unspecified atom stereocenters. The molecular formula is C13H26N2O3. The van der Waals surface area contributed by atoms with E-state index in [-0.39, 0.29) is 18.1 Å². The zero-order valence-corrected chi connectivity index (χ0v) is 11.7. The average Bonchev–Trinajstić information content (AvgIpc) is 2.39. The van der Waals surface area contributed by atoms with Crippen LogP contribution in [0.5, 0.6) is 0 Å². The van der Waals surface area contributed by atoms with Crippen molar-refractivity contribution >= 4 is 5.91 Å². The molecule has 1 amide bonds. The Morgan fingerprint density at radius 2 is 2.11 bits per heavy atom. The van der Waals surface area contributed by atoms with Gasteiger partial charge in [-0.05, 0) is 45.7 Å². The second-order valence-electron chi connectivity index (χ2n) is 5.29. The van der Waals surface area contributed by atoms with Crippen molar-refractivity contribution in [3.63, 3.8) is 0 Å². The second-order valence-corrected chi connectivity index (χ2v) is 5.29. The summed E-state index contributed by atoms with van der Waals surface area (Å²) in [5, 5.41) is 15.4. The number of hydrogen-bond acceptors (Lipinski definition) is 4. The van der Waals surface area contributed by atoms with Gasteiger partial charge in [0.25, 0.3) is 5.91 Å². The molecule has 1 rings (SSSR count). The summed E-state index contributed by atoms with van der Waals surface area (Å²) < 4.78 is 5.49. The van der Waals surface area contributed by atoms with Crippen LogP contribution in [0.1, 0.15) is 39.5 Å². The molecule has 5 heteroatoms. The number of aliphatic hydroxyl groups excluding tert-OH is 1. The highest BCUT2D eigenvalue weighted by Gasteiger charge is 2.41. The number of methoxy groups -OCH3 is 1. The van der Waals surface area contributed by atoms with Gasteiger partial charge in [0.2, 0.25) is 0 Å². The van der Waals surface area contributed by atoms with Crippen LogP contribution in [-0.4, -0.2) is 49.0 Å². The van der Waals surface area contributed by atoms with Crippen molar-refractivity contribution in [2.24, 2.45) is 0 Å². The first-order valence-electron chi connectivity index (χ1n) is 6.71. The first kappa shape index (κ1) is 15.4. The van der Waals surface area contributed by atoms with Gasteiger partial charge in [-0.2, -0.15) is 0 Å². The Balaban J connectivity index is 2.72. The van der Waals surface area contributed by atoms with E-state index in [4.69, 9.17) is 9.84 Å². The fourth-order valence-corrected chi connectivity index (χ4v) is 2.32. The minimum Gasteiger partial charge on any atom is -0.396 e. The Kier molecular flexibility index (Phi) is 5.56. The third kappa shape index (κ3) is 3.43. The lowest BCUT2D eigenvalue weighted by Crippen LogP contribution is -2.59. The van der Waals surface area contributed by atoms with Gasteiger partial charge in [0.15, 0.2) is 0 Å². The van der Waals surface area contributed by atoms with Gasteiger partial charge in [0.1, 0.15) is 5.60 Å². The van der Waals surface area contributed by atoms with E-state index in [2.05, 4.69) is 10.6 Å². The Hall–Kier alpha value is -0.650. The molecule has 0 aromatic rings. The van der Waals surface area contributed by atoms with Crippen molar-refractivity contribution in [1.82, 2.24) is 10.6 Å². The number of carbonyl (C=O) groups is 1. The molecule has 1 aliphatic heterocycles. The molecule has 0 saturated carbocycles. The molecule has 1 aliphatic rings. The Morgan fingerprint density at radius 1 is 1.50 bits per heavy atom. The van der Waals surface area contributed by atoms with Gasteiger partial charge in [0, 0.05) is 19.3 Å². The summed E-state index contributed by atoms with van der Waals surface area (Å²) in [5.41, 5.74) is -1.07. The molecule has 0 radical (unpaired) electrons. The smallest absolute Gasteiger partial charge is 0.252 e. The normalized spacial score (nSPS) is 22.2. The summed E-state index contributed by atoms with van der Waals surface area (Å²) in [6, 6.07) is 0. The Labute approximate surface area is 109 Å². The number of hydrogen-bond donors (Lipinski definition) is 3. The average molecular weight is 258 g/mol. The minimum atomic E-state index is -0.711. The highest BCUT2D eigenvalue weighted by Crippen LogP contribution is 2.25. The number of amides is 1. The third-order valence-electron chi connectivity index (χ3n) is 4.07. The predicted octanol–water partition coefficient (Wildman–Crippen LogP) is 0.422. The van der Waals surface area contributed by atoms with Crippen LogP contribution >= 0.6 is 0 Å². The molecule has 1 heterocycles. The van der Waals surface area contributed by atoms with Crippen LogP contribution in [-0.2, 0) is 9.53 Å². The van der Waals surface area contributed by atoms with Crippen molar-refractivity contribution in [2.45, 2.75) is 50.7 Å². The van der Waals surface area contributed by atoms with Crippen molar-refractivity contribution in [1.29, 1.82) is 0 Å². The van der Waals surface area contributed by atoms with E-state index in [1.54, 1.807) is 7.11 Å². The number of aliphatic hydroxyl groups is 1. The molecular weight excluding hydrogens is 232 g/mol. The SMILES string of the molecule is CCC(C)(CCO)NC(=O)C1(OC)CCNCC1. The number of nitrogens with one attached hydrogen (secondary N) is 2. The van der Waals surface area contributed by atoms with E-state index in [1.807, 2.05) is 13.8 Å². The van der Waals surface area contributed by atoms with Crippen LogP contribution in [0.15, 0.2) is 0 Å². The number of rotatable bonds is 6. The van der Waals surface area contributed by atoms with Crippen LogP contribution in [0.3, 0.4) is 0 Å². The molecule has 3 N–H and O–H groups in total. The minimum absolute atomic E-state index is 0.0516. The summed E-state index contributed by atoms with van der Waals surface area (Å²) >= 11 is 0. The monoisotopic (exact) mass is 258 g/mol. The van der Waals surface area contributed by atoms with Crippen molar-refractivity contribution in [3.8, 4) is 0 Å². The van der Waals surface area contributed by atoms with E-state index < -0.39 is 5.60 Å². The van der Waals surface area contributed by atoms with Crippen molar-refractivity contribution in [3.05, 3.63) is 0 Å². The quantitative estimate of drug-likeness (QED) is 0.646. The van der Waals surface area contributed by atoms with Crippen LogP contribution in [0, 0.1) is 0 Å². The molecule has 0 aliphatic carbocycles. The fourth-order valence-electron chi connectivity index (χ4n) is 2.32. The topological polar surface area (TPSA) is 70.6 Å². The van der Waals surface area contributed by atoms with E-state index in [0.717, 1.165) is 19.5 Å². The standard InChI is InChI=1S/C13H26N2O3/c1-4-12(2,7-10-16)15-11(17)13(18-3)5-8-14-9-6-13/h14,16H,4-10H2,1-3H3,(H,15,17). The first-order chi connectivity index (χ1) is 8.52. The molecule has 0 bridgehead atoms. The Morgan fingerprint density at radius 3 is 2.56 bits per heavy atom. The summed E-state index contributed by atoms with van der Waals surface area (Å²) in [5.74, 6) is -0.0516. The molecule has 18 heavy (non-hydrogen) atoms. The van der Waals surface area contributed by atoms with Crippen LogP contribution in [0.4, 0.5) is 0 Å². The van der Waals surface area contributed by atoms with Gasteiger partial charge in [-0.15, -0.1) is 0 Å². The van der Waals surface area contributed by atoms with Gasteiger partial charge in [-0.3, -0.25) is 4.79 Å². The van der Waals surface area contributed by atoms with Crippen LogP contribution < -0.4 is 10.6 Å². The largest absolute Gasteiger partial charge is 0.396 e. The maximum absolute atomic E-state index is 12.5. The van der Waals surface area contributed by atoms with E-state index >= 15 is 0 Å². The number of carbonyl (C=O) groups excluding carboxylic acids is 1. The fraction of sp³-hybridized carbons (Fsp3) is 0.923. The van der Waals surface area contributed by atoms with Gasteiger partial charge >= 0.3 is 0 Å². The molecule has 106 valence electrons. The van der Waals surface area contributed by atoms with Crippen LogP contribution in [0.2, 0.25) is 0 Å². The molecule has 1 saturated heterocycles. The molecule has 0 aromatic heterocycles. The molecule has 5 nitrogen and oxygen atoms in total. The number of ether oxygens (including phenoxy) is 1. The lowest BCUT2D eigenvalue weighted by molar-refractivity contribution is -0.148. The molecule has 0 aromatic carbocycles. The molecule has 1 fully saturated rings. The Bertz CT molecular complexity index is 277. The van der Waals surface area contributed by atoms with Gasteiger partial charge < -0.3 is 20.5 Å². The maximum Gasteiger partial charge on any atom is 0.252 e. The summed E-state index contributed by atoms with van der Waals surface area (Å²) in [4.78, 5) is 12.5. The van der Waals surface area contributed by atoms with Gasteiger partial charge in [-0.25, -0.2) is 0 Å². The highest BCUT2D eigenvalue weighted by atomic mass is 16.5. The summed E-state index contributed by atoms with van der Waals surface area (Å²) in [6.07, 6.45) is 2.73. The number of piperidine rings is 1. The third-order valence-corrected chi connectivity index (χ3v) is 4.07. The van der Waals surface area contributed by atoms with Crippen molar-refractivity contribution in [2.75, 3.05) is 26.8 Å². The first-order valence-corrected chi connectivity index (χ1v) is 6.71. The maximum atomic E-state index is 12.5.